The van der Waals surface area contributed by atoms with Gasteiger partial charge in [0.25, 0.3) is 0 Å². The molecular weight excluding hydrogens is 232 g/mol. The second kappa shape index (κ2) is 4.84. The summed E-state index contributed by atoms with van der Waals surface area (Å²) in [5.41, 5.74) is 11.5. The lowest BCUT2D eigenvalue weighted by Crippen LogP contribution is -2.21. The van der Waals surface area contributed by atoms with Gasteiger partial charge in [-0.15, -0.1) is 0 Å². The number of anilines is 1. The summed E-state index contributed by atoms with van der Waals surface area (Å²) in [6.07, 6.45) is -1.09. The van der Waals surface area contributed by atoms with Crippen molar-refractivity contribution in [2.45, 2.75) is 6.42 Å². The van der Waals surface area contributed by atoms with E-state index in [2.05, 4.69) is 9.92 Å². The van der Waals surface area contributed by atoms with Crippen LogP contribution in [0, 0.1) is 0 Å². The Kier molecular flexibility index (Phi) is 3.73. The Morgan fingerprint density at radius 2 is 1.81 bits per heavy atom. The Labute approximate surface area is 93.3 Å². The smallest absolute Gasteiger partial charge is 0.399 e. The van der Waals surface area contributed by atoms with Crippen LogP contribution in [0.5, 0.6) is 0 Å². The van der Waals surface area contributed by atoms with Crippen molar-refractivity contribution in [1.82, 2.24) is 0 Å². The Bertz CT molecular complexity index is 467. The van der Waals surface area contributed by atoms with Crippen LogP contribution in [0.4, 0.5) is 10.5 Å². The maximum absolute atomic E-state index is 11.1. The van der Waals surface area contributed by atoms with Crippen molar-refractivity contribution in [3.8, 4) is 0 Å². The average Bonchev–Trinajstić information content (AvgIpc) is 2.15. The number of hydrogen-bond donors (Lipinski definition) is 2. The highest BCUT2D eigenvalue weighted by atomic mass is 32.2. The fraction of sp³-hybridized carbons (Fsp3) is 0.222. The van der Waals surface area contributed by atoms with Gasteiger partial charge in [0.05, 0.1) is 5.75 Å². The molecule has 1 amide bonds. The van der Waals surface area contributed by atoms with E-state index in [9.17, 15) is 13.2 Å². The third-order valence-electron chi connectivity index (χ3n) is 1.83. The van der Waals surface area contributed by atoms with Crippen LogP contribution in [-0.4, -0.2) is 20.3 Å². The van der Waals surface area contributed by atoms with Crippen LogP contribution in [-0.2, 0) is 20.7 Å². The van der Waals surface area contributed by atoms with E-state index in [4.69, 9.17) is 5.73 Å². The molecule has 0 bridgehead atoms. The Hall–Kier alpha value is -1.76. The molecule has 4 N–H and O–H groups in total. The van der Waals surface area contributed by atoms with E-state index < -0.39 is 16.2 Å². The number of nitrogens with two attached hydrogens (primary N) is 2. The molecule has 1 rings (SSSR count). The van der Waals surface area contributed by atoms with Crippen LogP contribution in [0.3, 0.4) is 0 Å². The largest absolute Gasteiger partial charge is 0.420 e. The van der Waals surface area contributed by atoms with Crippen molar-refractivity contribution in [2.24, 2.45) is 5.73 Å². The number of aryl methyl sites for hydroxylation is 1. The molecule has 0 aromatic heterocycles. The summed E-state index contributed by atoms with van der Waals surface area (Å²) in [4.78, 5) is 10.3. The molecule has 16 heavy (non-hydrogen) atoms. The fourth-order valence-corrected chi connectivity index (χ4v) is 1.91. The molecule has 0 fully saturated rings. The number of amides is 1. The van der Waals surface area contributed by atoms with Gasteiger partial charge in [0, 0.05) is 5.69 Å². The van der Waals surface area contributed by atoms with Gasteiger partial charge >= 0.3 is 16.2 Å². The highest BCUT2D eigenvalue weighted by molar-refractivity contribution is 7.87. The van der Waals surface area contributed by atoms with Crippen molar-refractivity contribution in [2.75, 3.05) is 11.5 Å². The normalized spacial score (nSPS) is 11.0. The molecule has 6 nitrogen and oxygen atoms in total. The Morgan fingerprint density at radius 1 is 1.25 bits per heavy atom. The van der Waals surface area contributed by atoms with E-state index >= 15 is 0 Å². The number of hydrogen-bond acceptors (Lipinski definition) is 5. The van der Waals surface area contributed by atoms with Crippen LogP contribution in [0.25, 0.3) is 0 Å². The highest BCUT2D eigenvalue weighted by Crippen LogP contribution is 2.07. The SMILES string of the molecule is NC(=O)OS(=O)(=O)CCc1ccc(N)cc1. The first-order valence-electron chi connectivity index (χ1n) is 4.45. The first-order valence-corrected chi connectivity index (χ1v) is 6.03. The number of rotatable bonds is 4. The van der Waals surface area contributed by atoms with Crippen molar-refractivity contribution < 1.29 is 17.4 Å². The molecule has 1 aromatic rings. The lowest BCUT2D eigenvalue weighted by molar-refractivity contribution is 0.213. The Balaban J connectivity index is 2.58. The molecule has 7 heteroatoms. The van der Waals surface area contributed by atoms with Crippen LogP contribution >= 0.6 is 0 Å². The van der Waals surface area contributed by atoms with Crippen molar-refractivity contribution >= 4 is 21.9 Å². The first-order chi connectivity index (χ1) is 7.39. The molecule has 0 saturated carbocycles. The number of benzene rings is 1. The second-order valence-electron chi connectivity index (χ2n) is 3.16. The summed E-state index contributed by atoms with van der Waals surface area (Å²) in [5, 5.41) is 0. The molecule has 0 aliphatic rings. The van der Waals surface area contributed by atoms with Gasteiger partial charge in [0.15, 0.2) is 0 Å². The van der Waals surface area contributed by atoms with Gasteiger partial charge in [-0.1, -0.05) is 12.1 Å². The third kappa shape index (κ3) is 4.18. The van der Waals surface area contributed by atoms with Crippen molar-refractivity contribution in [1.29, 1.82) is 0 Å². The number of carbonyl (C=O) groups excluding carboxylic acids is 1. The number of primary amides is 1. The maximum atomic E-state index is 11.1. The zero-order valence-corrected chi connectivity index (χ0v) is 9.24. The number of carbonyl (C=O) groups is 1. The summed E-state index contributed by atoms with van der Waals surface area (Å²) in [6.45, 7) is 0. The van der Waals surface area contributed by atoms with Gasteiger partial charge < -0.3 is 15.7 Å². The molecule has 88 valence electrons. The average molecular weight is 244 g/mol. The highest BCUT2D eigenvalue weighted by Gasteiger charge is 2.14. The summed E-state index contributed by atoms with van der Waals surface area (Å²) in [6, 6.07) is 6.73. The van der Waals surface area contributed by atoms with Crippen molar-refractivity contribution in [3.05, 3.63) is 29.8 Å². The first kappa shape index (κ1) is 12.3. The van der Waals surface area contributed by atoms with Crippen LogP contribution in [0.1, 0.15) is 5.56 Å². The van der Waals surface area contributed by atoms with Gasteiger partial charge in [-0.2, -0.15) is 8.42 Å². The van der Waals surface area contributed by atoms with Gasteiger partial charge in [-0.3, -0.25) is 0 Å². The summed E-state index contributed by atoms with van der Waals surface area (Å²) >= 11 is 0. The van der Waals surface area contributed by atoms with Crippen LogP contribution in [0.15, 0.2) is 24.3 Å². The molecule has 0 unspecified atom stereocenters. The molecule has 0 aliphatic heterocycles. The molecule has 0 heterocycles. The number of nitrogen functional groups attached to an aromatic ring is 1. The van der Waals surface area contributed by atoms with E-state index in [1.165, 1.54) is 0 Å². The monoisotopic (exact) mass is 244 g/mol. The Morgan fingerprint density at radius 3 is 2.31 bits per heavy atom. The zero-order chi connectivity index (χ0) is 12.2. The molecule has 0 atom stereocenters. The minimum atomic E-state index is -3.89. The van der Waals surface area contributed by atoms with E-state index in [-0.39, 0.29) is 12.2 Å². The van der Waals surface area contributed by atoms with E-state index in [0.717, 1.165) is 5.56 Å². The third-order valence-corrected chi connectivity index (χ3v) is 2.95. The molecule has 1 aromatic carbocycles. The van der Waals surface area contributed by atoms with E-state index in [1.807, 2.05) is 0 Å². The molecule has 0 aliphatic carbocycles. The van der Waals surface area contributed by atoms with Gasteiger partial charge in [-0.25, -0.2) is 4.79 Å². The van der Waals surface area contributed by atoms with E-state index in [1.54, 1.807) is 24.3 Å². The minimum absolute atomic E-state index is 0.232. The molecule has 0 spiro atoms. The second-order valence-corrected chi connectivity index (χ2v) is 4.85. The molecular formula is C9H12N2O4S. The van der Waals surface area contributed by atoms with E-state index in [0.29, 0.717) is 5.69 Å². The minimum Gasteiger partial charge on any atom is -0.399 e. The zero-order valence-electron chi connectivity index (χ0n) is 8.42. The van der Waals surface area contributed by atoms with Crippen LogP contribution in [0.2, 0.25) is 0 Å². The molecule has 0 saturated heterocycles. The van der Waals surface area contributed by atoms with Gasteiger partial charge in [-0.05, 0) is 24.1 Å². The summed E-state index contributed by atoms with van der Waals surface area (Å²) < 4.78 is 26.2. The predicted octanol–water partition coefficient (Wildman–Crippen LogP) is 0.236. The summed E-state index contributed by atoms with van der Waals surface area (Å²) in [7, 11) is -3.89. The fourth-order valence-electron chi connectivity index (χ4n) is 1.09. The topological polar surface area (TPSA) is 112 Å². The lowest BCUT2D eigenvalue weighted by atomic mass is 10.2. The lowest BCUT2D eigenvalue weighted by Gasteiger charge is -2.03. The standard InChI is InChI=1S/C9H12N2O4S/c10-8-3-1-7(2-4-8)5-6-16(13,14)15-9(11)12/h1-4H,5-6,10H2,(H2,11,12). The van der Waals surface area contributed by atoms with Gasteiger partial charge in [0.1, 0.15) is 0 Å². The van der Waals surface area contributed by atoms with Crippen molar-refractivity contribution in [3.63, 3.8) is 0 Å². The van der Waals surface area contributed by atoms with Crippen LogP contribution < -0.4 is 11.5 Å². The predicted molar refractivity (Wildman–Crippen MR) is 59.0 cm³/mol. The molecule has 0 radical (unpaired) electrons. The summed E-state index contributed by atoms with van der Waals surface area (Å²) in [5.74, 6) is -0.306. The van der Waals surface area contributed by atoms with Gasteiger partial charge in [0.2, 0.25) is 0 Å². The quantitative estimate of drug-likeness (QED) is 0.581. The maximum Gasteiger partial charge on any atom is 0.420 e.